The molecule has 3 heteroatoms. The van der Waals surface area contributed by atoms with Crippen LogP contribution in [0.3, 0.4) is 0 Å². The van der Waals surface area contributed by atoms with E-state index in [9.17, 15) is 8.78 Å². The van der Waals surface area contributed by atoms with Crippen molar-refractivity contribution >= 4 is 0 Å². The Kier molecular flexibility index (Phi) is 3.24. The number of hydrogen-bond donors (Lipinski definition) is 1. The van der Waals surface area contributed by atoms with Crippen LogP contribution in [0.15, 0.2) is 12.1 Å². The van der Waals surface area contributed by atoms with Crippen LogP contribution in [-0.2, 0) is 0 Å². The van der Waals surface area contributed by atoms with Crippen LogP contribution < -0.4 is 5.32 Å². The topological polar surface area (TPSA) is 12.0 Å². The average Bonchev–Trinajstić information content (AvgIpc) is 2.26. The van der Waals surface area contributed by atoms with Crippen molar-refractivity contribution < 1.29 is 8.78 Å². The molecule has 2 atom stereocenters. The third-order valence-corrected chi connectivity index (χ3v) is 3.30. The van der Waals surface area contributed by atoms with Crippen molar-refractivity contribution in [2.24, 2.45) is 0 Å². The van der Waals surface area contributed by atoms with Gasteiger partial charge in [-0.2, -0.15) is 0 Å². The predicted octanol–water partition coefficient (Wildman–Crippen LogP) is 3.48. The lowest BCUT2D eigenvalue weighted by atomic mass is 9.93. The summed E-state index contributed by atoms with van der Waals surface area (Å²) >= 11 is 0. The normalized spacial score (nSPS) is 25.8. The number of aryl methyl sites for hydroxylation is 1. The van der Waals surface area contributed by atoms with Crippen LogP contribution in [0.1, 0.15) is 43.4 Å². The molecule has 1 aliphatic rings. The SMILES string of the molecule is Cc1ccc(C2CCCC(C)N2)c(F)c1F. The highest BCUT2D eigenvalue weighted by Crippen LogP contribution is 2.29. The number of hydrogen-bond acceptors (Lipinski definition) is 1. The highest BCUT2D eigenvalue weighted by molar-refractivity contribution is 5.28. The Morgan fingerprint density at radius 2 is 1.94 bits per heavy atom. The highest BCUT2D eigenvalue weighted by atomic mass is 19.2. The van der Waals surface area contributed by atoms with Crippen molar-refractivity contribution in [3.63, 3.8) is 0 Å². The standard InChI is InChI=1S/C13H17F2N/c1-8-6-7-10(13(15)12(8)14)11-5-3-4-9(2)16-11/h6-7,9,11,16H,3-5H2,1-2H3. The summed E-state index contributed by atoms with van der Waals surface area (Å²) in [5.74, 6) is -1.40. The first-order valence-corrected chi connectivity index (χ1v) is 5.80. The summed E-state index contributed by atoms with van der Waals surface area (Å²) in [6, 6.07) is 3.68. The van der Waals surface area contributed by atoms with Gasteiger partial charge in [0, 0.05) is 17.6 Å². The minimum Gasteiger partial charge on any atom is -0.307 e. The molecule has 1 heterocycles. The fraction of sp³-hybridized carbons (Fsp3) is 0.538. The zero-order valence-corrected chi connectivity index (χ0v) is 9.69. The third-order valence-electron chi connectivity index (χ3n) is 3.30. The van der Waals surface area contributed by atoms with Gasteiger partial charge in [-0.05, 0) is 32.3 Å². The molecular weight excluding hydrogens is 208 g/mol. The van der Waals surface area contributed by atoms with Gasteiger partial charge in [-0.3, -0.25) is 0 Å². The van der Waals surface area contributed by atoms with Gasteiger partial charge in [-0.1, -0.05) is 18.6 Å². The second kappa shape index (κ2) is 4.50. The van der Waals surface area contributed by atoms with E-state index in [0.717, 1.165) is 19.3 Å². The molecule has 16 heavy (non-hydrogen) atoms. The molecule has 0 spiro atoms. The summed E-state index contributed by atoms with van der Waals surface area (Å²) in [7, 11) is 0. The predicted molar refractivity (Wildman–Crippen MR) is 60.3 cm³/mol. The monoisotopic (exact) mass is 225 g/mol. The molecule has 0 aliphatic carbocycles. The van der Waals surface area contributed by atoms with Gasteiger partial charge >= 0.3 is 0 Å². The van der Waals surface area contributed by atoms with Gasteiger partial charge in [0.1, 0.15) is 0 Å². The number of rotatable bonds is 1. The molecule has 2 rings (SSSR count). The van der Waals surface area contributed by atoms with Crippen molar-refractivity contribution in [3.8, 4) is 0 Å². The van der Waals surface area contributed by atoms with E-state index in [-0.39, 0.29) is 6.04 Å². The summed E-state index contributed by atoms with van der Waals surface area (Å²) in [5, 5.41) is 3.31. The lowest BCUT2D eigenvalue weighted by molar-refractivity contribution is 0.330. The molecule has 2 unspecified atom stereocenters. The van der Waals surface area contributed by atoms with Crippen LogP contribution in [0, 0.1) is 18.6 Å². The summed E-state index contributed by atoms with van der Waals surface area (Å²) in [6.07, 6.45) is 3.05. The van der Waals surface area contributed by atoms with Crippen molar-refractivity contribution in [1.29, 1.82) is 0 Å². The first-order valence-electron chi connectivity index (χ1n) is 5.80. The maximum absolute atomic E-state index is 13.8. The van der Waals surface area contributed by atoms with E-state index in [1.165, 1.54) is 0 Å². The van der Waals surface area contributed by atoms with Gasteiger partial charge < -0.3 is 5.32 Å². The van der Waals surface area contributed by atoms with Crippen LogP contribution in [0.25, 0.3) is 0 Å². The van der Waals surface area contributed by atoms with E-state index >= 15 is 0 Å². The maximum atomic E-state index is 13.8. The summed E-state index contributed by atoms with van der Waals surface area (Å²) in [4.78, 5) is 0. The van der Waals surface area contributed by atoms with Crippen LogP contribution >= 0.6 is 0 Å². The Labute approximate surface area is 94.9 Å². The molecule has 1 fully saturated rings. The minimum absolute atomic E-state index is 0.0427. The van der Waals surface area contributed by atoms with Gasteiger partial charge in [0.2, 0.25) is 0 Å². The van der Waals surface area contributed by atoms with Crippen LogP contribution in [0.4, 0.5) is 8.78 Å². The fourth-order valence-corrected chi connectivity index (χ4v) is 2.31. The van der Waals surface area contributed by atoms with E-state index in [1.807, 2.05) is 0 Å². The summed E-state index contributed by atoms with van der Waals surface area (Å²) < 4.78 is 27.2. The Bertz CT molecular complexity index is 390. The highest BCUT2D eigenvalue weighted by Gasteiger charge is 2.23. The second-order valence-corrected chi connectivity index (χ2v) is 4.65. The first-order chi connectivity index (χ1) is 7.59. The molecular formula is C13H17F2N. The molecule has 1 N–H and O–H groups in total. The molecule has 0 bridgehead atoms. The fourth-order valence-electron chi connectivity index (χ4n) is 2.31. The first kappa shape index (κ1) is 11.5. The Hall–Kier alpha value is -0.960. The largest absolute Gasteiger partial charge is 0.307 e. The van der Waals surface area contributed by atoms with Crippen molar-refractivity contribution in [3.05, 3.63) is 34.9 Å². The quantitative estimate of drug-likeness (QED) is 0.771. The molecule has 1 nitrogen and oxygen atoms in total. The second-order valence-electron chi connectivity index (χ2n) is 4.65. The van der Waals surface area contributed by atoms with Crippen molar-refractivity contribution in [2.45, 2.75) is 45.2 Å². The van der Waals surface area contributed by atoms with Crippen LogP contribution in [0.5, 0.6) is 0 Å². The number of nitrogens with one attached hydrogen (secondary N) is 1. The summed E-state index contributed by atoms with van der Waals surface area (Å²) in [6.45, 7) is 3.66. The van der Waals surface area contributed by atoms with E-state index in [4.69, 9.17) is 0 Å². The molecule has 0 amide bonds. The zero-order chi connectivity index (χ0) is 11.7. The smallest absolute Gasteiger partial charge is 0.163 e. The molecule has 1 aliphatic heterocycles. The van der Waals surface area contributed by atoms with Crippen LogP contribution in [0.2, 0.25) is 0 Å². The Morgan fingerprint density at radius 1 is 1.19 bits per heavy atom. The summed E-state index contributed by atoms with van der Waals surface area (Å²) in [5.41, 5.74) is 0.833. The van der Waals surface area contributed by atoms with E-state index in [1.54, 1.807) is 19.1 Å². The average molecular weight is 225 g/mol. The van der Waals surface area contributed by atoms with E-state index in [2.05, 4.69) is 12.2 Å². The van der Waals surface area contributed by atoms with Crippen molar-refractivity contribution in [2.75, 3.05) is 0 Å². The zero-order valence-electron chi connectivity index (χ0n) is 9.69. The maximum Gasteiger partial charge on any atom is 0.163 e. The molecule has 1 aromatic rings. The van der Waals surface area contributed by atoms with E-state index in [0.29, 0.717) is 17.2 Å². The van der Waals surface area contributed by atoms with Gasteiger partial charge in [0.25, 0.3) is 0 Å². The third kappa shape index (κ3) is 2.09. The van der Waals surface area contributed by atoms with Crippen LogP contribution in [-0.4, -0.2) is 6.04 Å². The Morgan fingerprint density at radius 3 is 2.62 bits per heavy atom. The lowest BCUT2D eigenvalue weighted by Crippen LogP contribution is -2.35. The lowest BCUT2D eigenvalue weighted by Gasteiger charge is -2.29. The molecule has 0 radical (unpaired) electrons. The number of benzene rings is 1. The molecule has 88 valence electrons. The molecule has 1 saturated heterocycles. The number of piperidine rings is 1. The minimum atomic E-state index is -0.711. The van der Waals surface area contributed by atoms with Gasteiger partial charge in [0.05, 0.1) is 0 Å². The van der Waals surface area contributed by atoms with Gasteiger partial charge in [-0.25, -0.2) is 8.78 Å². The number of halogens is 2. The van der Waals surface area contributed by atoms with E-state index < -0.39 is 11.6 Å². The van der Waals surface area contributed by atoms with Gasteiger partial charge in [-0.15, -0.1) is 0 Å². The Balaban J connectivity index is 2.29. The molecule has 0 saturated carbocycles. The van der Waals surface area contributed by atoms with Crippen molar-refractivity contribution in [1.82, 2.24) is 5.32 Å². The molecule has 0 aromatic heterocycles. The van der Waals surface area contributed by atoms with Gasteiger partial charge in [0.15, 0.2) is 11.6 Å². The molecule has 1 aromatic carbocycles.